The van der Waals surface area contributed by atoms with Gasteiger partial charge in [0.25, 0.3) is 0 Å². The van der Waals surface area contributed by atoms with Gasteiger partial charge in [-0.25, -0.2) is 14.5 Å². The van der Waals surface area contributed by atoms with E-state index in [-0.39, 0.29) is 6.03 Å². The van der Waals surface area contributed by atoms with Crippen molar-refractivity contribution in [2.24, 2.45) is 0 Å². The van der Waals surface area contributed by atoms with Crippen molar-refractivity contribution in [2.75, 3.05) is 7.11 Å². The first-order chi connectivity index (χ1) is 12.2. The Labute approximate surface area is 145 Å². The van der Waals surface area contributed by atoms with E-state index in [9.17, 15) is 4.79 Å². The molecule has 2 heterocycles. The zero-order valence-electron chi connectivity index (χ0n) is 13.8. The Morgan fingerprint density at radius 1 is 1.08 bits per heavy atom. The summed E-state index contributed by atoms with van der Waals surface area (Å²) < 4.78 is 6.84. The van der Waals surface area contributed by atoms with Crippen LogP contribution in [0, 0.1) is 0 Å². The number of methoxy groups -OCH3 is 1. The van der Waals surface area contributed by atoms with Crippen LogP contribution in [0.25, 0.3) is 5.82 Å². The molecule has 3 rings (SSSR count). The number of carbonyl (C=O) groups is 1. The van der Waals surface area contributed by atoms with Crippen LogP contribution in [0.3, 0.4) is 0 Å². The minimum absolute atomic E-state index is 0.236. The highest BCUT2D eigenvalue weighted by Gasteiger charge is 2.04. The quantitative estimate of drug-likeness (QED) is 0.723. The van der Waals surface area contributed by atoms with Crippen LogP contribution in [0.2, 0.25) is 0 Å². The van der Waals surface area contributed by atoms with Gasteiger partial charge in [0.1, 0.15) is 5.75 Å². The topological polar surface area (TPSA) is 81.1 Å². The Morgan fingerprint density at radius 2 is 1.88 bits per heavy atom. The van der Waals surface area contributed by atoms with E-state index in [2.05, 4.69) is 20.7 Å². The molecule has 128 valence electrons. The van der Waals surface area contributed by atoms with Gasteiger partial charge in [-0.2, -0.15) is 5.10 Å². The molecule has 3 aromatic rings. The maximum Gasteiger partial charge on any atom is 0.315 e. The van der Waals surface area contributed by atoms with E-state index in [1.54, 1.807) is 24.2 Å². The largest absolute Gasteiger partial charge is 0.497 e. The van der Waals surface area contributed by atoms with Crippen LogP contribution in [0.1, 0.15) is 11.1 Å². The van der Waals surface area contributed by atoms with Crippen molar-refractivity contribution in [1.82, 2.24) is 25.4 Å². The fourth-order valence-corrected chi connectivity index (χ4v) is 2.31. The zero-order chi connectivity index (χ0) is 17.5. The number of urea groups is 1. The van der Waals surface area contributed by atoms with Crippen LogP contribution in [-0.4, -0.2) is 27.9 Å². The van der Waals surface area contributed by atoms with E-state index in [4.69, 9.17) is 4.74 Å². The summed E-state index contributed by atoms with van der Waals surface area (Å²) in [6, 6.07) is 12.9. The maximum absolute atomic E-state index is 12.0. The van der Waals surface area contributed by atoms with Gasteiger partial charge >= 0.3 is 6.03 Å². The van der Waals surface area contributed by atoms with Crippen molar-refractivity contribution < 1.29 is 9.53 Å². The van der Waals surface area contributed by atoms with E-state index in [0.29, 0.717) is 18.9 Å². The fraction of sp³-hybridized carbons (Fsp3) is 0.167. The van der Waals surface area contributed by atoms with Gasteiger partial charge in [-0.05, 0) is 41.5 Å². The zero-order valence-corrected chi connectivity index (χ0v) is 13.8. The van der Waals surface area contributed by atoms with E-state index in [0.717, 1.165) is 16.9 Å². The number of carbonyl (C=O) groups excluding carboxylic acids is 1. The lowest BCUT2D eigenvalue weighted by molar-refractivity contribution is 0.240. The fourth-order valence-electron chi connectivity index (χ4n) is 2.31. The number of hydrogen-bond acceptors (Lipinski definition) is 4. The predicted molar refractivity (Wildman–Crippen MR) is 93.4 cm³/mol. The minimum Gasteiger partial charge on any atom is -0.497 e. The lowest BCUT2D eigenvalue weighted by atomic mass is 10.2. The summed E-state index contributed by atoms with van der Waals surface area (Å²) in [4.78, 5) is 16.2. The number of nitrogens with zero attached hydrogens (tertiary/aromatic N) is 3. The van der Waals surface area contributed by atoms with Gasteiger partial charge in [0.05, 0.1) is 7.11 Å². The van der Waals surface area contributed by atoms with Crippen molar-refractivity contribution in [1.29, 1.82) is 0 Å². The third kappa shape index (κ3) is 4.57. The molecule has 0 bridgehead atoms. The first-order valence-electron chi connectivity index (χ1n) is 7.84. The Hall–Kier alpha value is -3.35. The molecule has 7 nitrogen and oxygen atoms in total. The lowest BCUT2D eigenvalue weighted by Gasteiger charge is -2.09. The highest BCUT2D eigenvalue weighted by molar-refractivity contribution is 5.73. The van der Waals surface area contributed by atoms with Crippen LogP contribution >= 0.6 is 0 Å². The molecule has 0 saturated carbocycles. The third-order valence-electron chi connectivity index (χ3n) is 3.59. The number of rotatable bonds is 6. The standard InChI is InChI=1S/C18H19N5O2/c1-25-16-5-2-4-14(10-16)12-20-18(24)21-13-15-6-8-19-17(11-15)23-9-3-7-22-23/h2-11H,12-13H2,1H3,(H2,20,21,24). The van der Waals surface area contributed by atoms with Crippen LogP contribution < -0.4 is 15.4 Å². The van der Waals surface area contributed by atoms with Gasteiger partial charge < -0.3 is 15.4 Å². The number of hydrogen-bond donors (Lipinski definition) is 2. The van der Waals surface area contributed by atoms with Crippen molar-refractivity contribution >= 4 is 6.03 Å². The number of pyridine rings is 1. The number of amides is 2. The SMILES string of the molecule is COc1cccc(CNC(=O)NCc2ccnc(-n3cccn3)c2)c1. The van der Waals surface area contributed by atoms with E-state index < -0.39 is 0 Å². The molecule has 0 unspecified atom stereocenters. The monoisotopic (exact) mass is 337 g/mol. The summed E-state index contributed by atoms with van der Waals surface area (Å²) in [5.41, 5.74) is 1.91. The molecule has 0 fully saturated rings. The second-order valence-corrected chi connectivity index (χ2v) is 5.36. The van der Waals surface area contributed by atoms with Crippen molar-refractivity contribution in [3.8, 4) is 11.6 Å². The first-order valence-corrected chi connectivity index (χ1v) is 7.84. The molecule has 1 aromatic carbocycles. The molecule has 7 heteroatoms. The average Bonchev–Trinajstić information content (AvgIpc) is 3.20. The molecule has 0 aliphatic carbocycles. The summed E-state index contributed by atoms with van der Waals surface area (Å²) in [6.07, 6.45) is 5.21. The smallest absolute Gasteiger partial charge is 0.315 e. The summed E-state index contributed by atoms with van der Waals surface area (Å²) in [5.74, 6) is 1.48. The number of nitrogens with one attached hydrogen (secondary N) is 2. The summed E-state index contributed by atoms with van der Waals surface area (Å²) >= 11 is 0. The van der Waals surface area contributed by atoms with Gasteiger partial charge in [0.15, 0.2) is 5.82 Å². The van der Waals surface area contributed by atoms with Crippen LogP contribution in [0.4, 0.5) is 4.79 Å². The van der Waals surface area contributed by atoms with Gasteiger partial charge in [0.2, 0.25) is 0 Å². The highest BCUT2D eigenvalue weighted by atomic mass is 16.5. The number of ether oxygens (including phenoxy) is 1. The van der Waals surface area contributed by atoms with Crippen molar-refractivity contribution in [2.45, 2.75) is 13.1 Å². The normalized spacial score (nSPS) is 10.3. The predicted octanol–water partition coefficient (Wildman–Crippen LogP) is 2.28. The van der Waals surface area contributed by atoms with E-state index >= 15 is 0 Å². The maximum atomic E-state index is 12.0. The molecule has 2 N–H and O–H groups in total. The molecular weight excluding hydrogens is 318 g/mol. The molecule has 0 aliphatic rings. The highest BCUT2D eigenvalue weighted by Crippen LogP contribution is 2.12. The van der Waals surface area contributed by atoms with Crippen LogP contribution in [0.15, 0.2) is 61.1 Å². The van der Waals surface area contributed by atoms with Gasteiger partial charge in [-0.3, -0.25) is 0 Å². The summed E-state index contributed by atoms with van der Waals surface area (Å²) in [6.45, 7) is 0.832. The van der Waals surface area contributed by atoms with Crippen LogP contribution in [-0.2, 0) is 13.1 Å². The van der Waals surface area contributed by atoms with E-state index in [1.165, 1.54) is 0 Å². The Kier molecular flexibility index (Phi) is 5.26. The molecular formula is C18H19N5O2. The summed E-state index contributed by atoms with van der Waals surface area (Å²) in [7, 11) is 1.62. The Morgan fingerprint density at radius 3 is 2.60 bits per heavy atom. The molecule has 2 aromatic heterocycles. The molecule has 0 spiro atoms. The molecule has 25 heavy (non-hydrogen) atoms. The van der Waals surface area contributed by atoms with Gasteiger partial charge in [-0.15, -0.1) is 0 Å². The van der Waals surface area contributed by atoms with Gasteiger partial charge in [-0.1, -0.05) is 12.1 Å². The van der Waals surface area contributed by atoms with Gasteiger partial charge in [0, 0.05) is 31.7 Å². The molecule has 0 atom stereocenters. The first kappa shape index (κ1) is 16.5. The number of benzene rings is 1. The molecule has 0 radical (unpaired) electrons. The average molecular weight is 337 g/mol. The Balaban J connectivity index is 1.51. The van der Waals surface area contributed by atoms with Crippen molar-refractivity contribution in [3.05, 3.63) is 72.2 Å². The van der Waals surface area contributed by atoms with Crippen molar-refractivity contribution in [3.63, 3.8) is 0 Å². The molecule has 0 aliphatic heterocycles. The molecule has 2 amide bonds. The summed E-state index contributed by atoms with van der Waals surface area (Å²) in [5, 5.41) is 9.80. The minimum atomic E-state index is -0.236. The second-order valence-electron chi connectivity index (χ2n) is 5.36. The molecule has 0 saturated heterocycles. The lowest BCUT2D eigenvalue weighted by Crippen LogP contribution is -2.34. The Bertz CT molecular complexity index is 833. The second kappa shape index (κ2) is 7.96. The number of aromatic nitrogens is 3. The third-order valence-corrected chi connectivity index (χ3v) is 3.59. The van der Waals surface area contributed by atoms with E-state index in [1.807, 2.05) is 48.7 Å². The van der Waals surface area contributed by atoms with Crippen LogP contribution in [0.5, 0.6) is 5.75 Å².